The van der Waals surface area contributed by atoms with Crippen LogP contribution < -0.4 is 10.7 Å². The Morgan fingerprint density at radius 2 is 1.77 bits per heavy atom. The topological polar surface area (TPSA) is 58.7 Å². The van der Waals surface area contributed by atoms with Crippen molar-refractivity contribution in [3.8, 4) is 0 Å². The number of ketones is 1. The lowest BCUT2D eigenvalue weighted by Gasteiger charge is -2.22. The Morgan fingerprint density at radius 1 is 1.09 bits per heavy atom. The Balaban J connectivity index is 1.82. The van der Waals surface area contributed by atoms with E-state index in [4.69, 9.17) is 5.73 Å². The zero-order chi connectivity index (χ0) is 15.5. The SMILES string of the molecule is NC1=NN(c2ccccc2)C=CC1C(=O)c1ccc(F)cc1. The van der Waals surface area contributed by atoms with Crippen LogP contribution in [0, 0.1) is 11.7 Å². The quantitative estimate of drug-likeness (QED) is 0.886. The monoisotopic (exact) mass is 295 g/mol. The van der Waals surface area contributed by atoms with Crippen LogP contribution in [0.3, 0.4) is 0 Å². The summed E-state index contributed by atoms with van der Waals surface area (Å²) in [4.78, 5) is 12.4. The summed E-state index contributed by atoms with van der Waals surface area (Å²) in [5.41, 5.74) is 7.20. The Morgan fingerprint density at radius 3 is 2.41 bits per heavy atom. The van der Waals surface area contributed by atoms with Gasteiger partial charge >= 0.3 is 0 Å². The normalized spacial score (nSPS) is 17.2. The van der Waals surface area contributed by atoms with Gasteiger partial charge in [0.25, 0.3) is 0 Å². The number of benzene rings is 2. The second-order valence-electron chi connectivity index (χ2n) is 4.90. The number of para-hydroxylation sites is 1. The zero-order valence-electron chi connectivity index (χ0n) is 11.7. The van der Waals surface area contributed by atoms with Crippen molar-refractivity contribution in [2.24, 2.45) is 16.8 Å². The van der Waals surface area contributed by atoms with Gasteiger partial charge in [-0.2, -0.15) is 5.10 Å². The van der Waals surface area contributed by atoms with Crippen LogP contribution in [-0.2, 0) is 0 Å². The summed E-state index contributed by atoms with van der Waals surface area (Å²) in [5, 5.41) is 5.86. The number of amidine groups is 1. The van der Waals surface area contributed by atoms with Gasteiger partial charge in [-0.3, -0.25) is 4.79 Å². The molecule has 22 heavy (non-hydrogen) atoms. The maximum absolute atomic E-state index is 12.9. The highest BCUT2D eigenvalue weighted by Gasteiger charge is 2.25. The molecule has 2 N–H and O–H groups in total. The van der Waals surface area contributed by atoms with Gasteiger partial charge < -0.3 is 5.73 Å². The van der Waals surface area contributed by atoms with Gasteiger partial charge in [-0.25, -0.2) is 9.40 Å². The molecule has 1 atom stereocenters. The number of Topliss-reactive ketones (excluding diaryl/α,β-unsaturated/α-hetero) is 1. The summed E-state index contributed by atoms with van der Waals surface area (Å²) >= 11 is 0. The van der Waals surface area contributed by atoms with E-state index in [9.17, 15) is 9.18 Å². The zero-order valence-corrected chi connectivity index (χ0v) is 11.7. The van der Waals surface area contributed by atoms with Gasteiger partial charge in [0.15, 0.2) is 5.78 Å². The maximum atomic E-state index is 12.9. The van der Waals surface area contributed by atoms with E-state index in [1.165, 1.54) is 24.3 Å². The van der Waals surface area contributed by atoms with Crippen molar-refractivity contribution in [1.82, 2.24) is 0 Å². The number of carbonyl (C=O) groups is 1. The number of anilines is 1. The molecule has 1 aliphatic rings. The van der Waals surface area contributed by atoms with Crippen molar-refractivity contribution in [2.45, 2.75) is 0 Å². The van der Waals surface area contributed by atoms with E-state index < -0.39 is 5.92 Å². The Labute approximate surface area is 127 Å². The number of hydrazone groups is 1. The van der Waals surface area contributed by atoms with Crippen molar-refractivity contribution >= 4 is 17.3 Å². The molecule has 0 fully saturated rings. The average molecular weight is 295 g/mol. The van der Waals surface area contributed by atoms with Crippen LogP contribution >= 0.6 is 0 Å². The lowest BCUT2D eigenvalue weighted by molar-refractivity contribution is 0.0971. The summed E-state index contributed by atoms with van der Waals surface area (Å²) in [6.45, 7) is 0. The van der Waals surface area contributed by atoms with Gasteiger partial charge in [-0.05, 0) is 42.5 Å². The summed E-state index contributed by atoms with van der Waals surface area (Å²) in [6.07, 6.45) is 3.40. The predicted octanol–water partition coefficient (Wildman–Crippen LogP) is 2.93. The highest BCUT2D eigenvalue weighted by atomic mass is 19.1. The van der Waals surface area contributed by atoms with Crippen molar-refractivity contribution in [2.75, 3.05) is 5.01 Å². The number of nitrogens with two attached hydrogens (primary N) is 1. The molecule has 0 aliphatic carbocycles. The fourth-order valence-corrected chi connectivity index (χ4v) is 2.23. The van der Waals surface area contributed by atoms with Crippen molar-refractivity contribution in [1.29, 1.82) is 0 Å². The first-order valence-corrected chi connectivity index (χ1v) is 6.81. The van der Waals surface area contributed by atoms with Gasteiger partial charge in [-0.15, -0.1) is 0 Å². The molecule has 0 radical (unpaired) electrons. The lowest BCUT2D eigenvalue weighted by atomic mass is 9.96. The predicted molar refractivity (Wildman–Crippen MR) is 83.9 cm³/mol. The Bertz CT molecular complexity index is 738. The number of nitrogens with zero attached hydrogens (tertiary/aromatic N) is 2. The second kappa shape index (κ2) is 5.81. The van der Waals surface area contributed by atoms with Crippen molar-refractivity contribution < 1.29 is 9.18 Å². The molecule has 1 heterocycles. The van der Waals surface area contributed by atoms with Gasteiger partial charge in [0, 0.05) is 11.8 Å². The van der Waals surface area contributed by atoms with Crippen LogP contribution in [0.5, 0.6) is 0 Å². The fourth-order valence-electron chi connectivity index (χ4n) is 2.23. The molecule has 110 valence electrons. The number of carbonyl (C=O) groups excluding carboxylic acids is 1. The maximum Gasteiger partial charge on any atom is 0.177 e. The number of halogens is 1. The van der Waals surface area contributed by atoms with E-state index in [-0.39, 0.29) is 17.4 Å². The van der Waals surface area contributed by atoms with Gasteiger partial charge in [0.05, 0.1) is 5.69 Å². The lowest BCUT2D eigenvalue weighted by Crippen LogP contribution is -2.34. The number of hydrogen-bond donors (Lipinski definition) is 1. The summed E-state index contributed by atoms with van der Waals surface area (Å²) in [7, 11) is 0. The molecule has 5 heteroatoms. The average Bonchev–Trinajstić information content (AvgIpc) is 2.56. The van der Waals surface area contributed by atoms with Gasteiger partial charge in [-0.1, -0.05) is 18.2 Å². The third-order valence-electron chi connectivity index (χ3n) is 3.39. The molecule has 2 aromatic rings. The van der Waals surface area contributed by atoms with E-state index >= 15 is 0 Å². The van der Waals surface area contributed by atoms with E-state index in [1.807, 2.05) is 30.3 Å². The van der Waals surface area contributed by atoms with Crippen LogP contribution in [0.25, 0.3) is 0 Å². The van der Waals surface area contributed by atoms with Crippen LogP contribution in [0.2, 0.25) is 0 Å². The highest BCUT2D eigenvalue weighted by molar-refractivity contribution is 6.13. The van der Waals surface area contributed by atoms with E-state index in [1.54, 1.807) is 17.3 Å². The third kappa shape index (κ3) is 2.74. The third-order valence-corrected chi connectivity index (χ3v) is 3.39. The van der Waals surface area contributed by atoms with Crippen molar-refractivity contribution in [3.63, 3.8) is 0 Å². The molecule has 0 saturated carbocycles. The number of rotatable bonds is 3. The molecule has 0 amide bonds. The molecule has 0 bridgehead atoms. The Kier molecular flexibility index (Phi) is 3.70. The Hall–Kier alpha value is -2.95. The minimum absolute atomic E-state index is 0.204. The molecule has 0 aromatic heterocycles. The van der Waals surface area contributed by atoms with E-state index in [0.717, 1.165) is 5.69 Å². The smallest absolute Gasteiger partial charge is 0.177 e. The highest BCUT2D eigenvalue weighted by Crippen LogP contribution is 2.21. The summed E-state index contributed by atoms with van der Waals surface area (Å²) < 4.78 is 12.9. The van der Waals surface area contributed by atoms with E-state index in [2.05, 4.69) is 5.10 Å². The minimum Gasteiger partial charge on any atom is -0.385 e. The largest absolute Gasteiger partial charge is 0.385 e. The minimum atomic E-state index is -0.634. The first-order chi connectivity index (χ1) is 10.6. The van der Waals surface area contributed by atoms with Crippen LogP contribution in [0.15, 0.2) is 72.0 Å². The molecule has 4 nitrogen and oxygen atoms in total. The molecule has 0 spiro atoms. The first kappa shape index (κ1) is 14.0. The molecular formula is C17H14FN3O. The van der Waals surface area contributed by atoms with Crippen LogP contribution in [-0.4, -0.2) is 11.6 Å². The molecule has 2 aromatic carbocycles. The second-order valence-corrected chi connectivity index (χ2v) is 4.90. The van der Waals surface area contributed by atoms with Crippen molar-refractivity contribution in [3.05, 3.63) is 78.3 Å². The van der Waals surface area contributed by atoms with Gasteiger partial charge in [0.2, 0.25) is 0 Å². The summed E-state index contributed by atoms with van der Waals surface area (Å²) in [6, 6.07) is 14.9. The number of hydrogen-bond acceptors (Lipinski definition) is 4. The molecule has 3 rings (SSSR count). The van der Waals surface area contributed by atoms with Gasteiger partial charge in [0.1, 0.15) is 17.6 Å². The molecule has 1 aliphatic heterocycles. The van der Waals surface area contributed by atoms with Crippen LogP contribution in [0.1, 0.15) is 10.4 Å². The first-order valence-electron chi connectivity index (χ1n) is 6.81. The fraction of sp³-hybridized carbons (Fsp3) is 0.0588. The molecule has 0 saturated heterocycles. The van der Waals surface area contributed by atoms with Crippen LogP contribution in [0.4, 0.5) is 10.1 Å². The standard InChI is InChI=1S/C17H14FN3O/c18-13-8-6-12(7-9-13)16(22)15-10-11-21(20-17(15)19)14-4-2-1-3-5-14/h1-11,15H,(H2,19,20). The van der Waals surface area contributed by atoms with E-state index in [0.29, 0.717) is 5.56 Å². The summed E-state index contributed by atoms with van der Waals surface area (Å²) in [5.74, 6) is -1.01. The molecular weight excluding hydrogens is 281 g/mol. The molecule has 1 unspecified atom stereocenters.